The first kappa shape index (κ1) is 26.6. The second-order valence-corrected chi connectivity index (χ2v) is 15.2. The zero-order valence-corrected chi connectivity index (χ0v) is 24.3. The van der Waals surface area contributed by atoms with Crippen LogP contribution in [0, 0.1) is 34.5 Å². The molecule has 5 nitrogen and oxygen atoms in total. The highest BCUT2D eigenvalue weighted by Gasteiger charge is 2.67. The maximum absolute atomic E-state index is 12.4. The first-order chi connectivity index (χ1) is 17.7. The molecule has 4 saturated carbocycles. The van der Waals surface area contributed by atoms with Crippen LogP contribution in [0.3, 0.4) is 0 Å². The van der Waals surface area contributed by atoms with Gasteiger partial charge in [0.15, 0.2) is 6.10 Å². The molecule has 37 heavy (non-hydrogen) atoms. The van der Waals surface area contributed by atoms with E-state index in [-0.39, 0.29) is 23.6 Å². The zero-order chi connectivity index (χ0) is 26.0. The number of carbonyl (C=O) groups is 1. The van der Waals surface area contributed by atoms with Crippen LogP contribution in [0.25, 0.3) is 0 Å². The minimum atomic E-state index is -0.144. The number of aliphatic hydroxyl groups excluding tert-OH is 1. The maximum Gasteiger partial charge on any atom is 0.303 e. The van der Waals surface area contributed by atoms with Crippen LogP contribution in [-0.4, -0.2) is 78.0 Å². The average molecular weight is 516 g/mol. The van der Waals surface area contributed by atoms with Crippen molar-refractivity contribution in [2.75, 3.05) is 33.2 Å². The summed E-state index contributed by atoms with van der Waals surface area (Å²) in [5.74, 6) is 2.76. The Bertz CT molecular complexity index is 851. The number of carbonyl (C=O) groups excluding carboxylic acids is 1. The van der Waals surface area contributed by atoms with Crippen molar-refractivity contribution in [3.8, 4) is 0 Å². The topological polar surface area (TPSA) is 49.8 Å². The number of aliphatic hydroxyl groups is 1. The van der Waals surface area contributed by atoms with Crippen LogP contribution in [0.15, 0.2) is 0 Å². The minimum Gasteiger partial charge on any atom is -0.456 e. The molecule has 0 amide bonds. The Balaban J connectivity index is 1.28. The van der Waals surface area contributed by atoms with Gasteiger partial charge in [-0.3, -0.25) is 9.69 Å². The van der Waals surface area contributed by atoms with Crippen LogP contribution < -0.4 is 0 Å². The number of nitrogens with zero attached hydrogens (tertiary/aromatic N) is 2. The van der Waals surface area contributed by atoms with E-state index in [1.807, 2.05) is 0 Å². The third kappa shape index (κ3) is 4.32. The van der Waals surface area contributed by atoms with Crippen LogP contribution in [-0.2, 0) is 9.53 Å². The summed E-state index contributed by atoms with van der Waals surface area (Å²) < 4.78 is 7.46. The summed E-state index contributed by atoms with van der Waals surface area (Å²) in [4.78, 5) is 15.1. The Hall–Kier alpha value is -0.650. The lowest BCUT2D eigenvalue weighted by atomic mass is 9.44. The first-order valence-corrected chi connectivity index (χ1v) is 16.1. The van der Waals surface area contributed by atoms with Gasteiger partial charge in [-0.25, -0.2) is 0 Å². The lowest BCUT2D eigenvalue weighted by Gasteiger charge is -2.62. The van der Waals surface area contributed by atoms with Gasteiger partial charge in [0, 0.05) is 24.8 Å². The van der Waals surface area contributed by atoms with Crippen LogP contribution in [0.2, 0.25) is 0 Å². The van der Waals surface area contributed by atoms with Crippen LogP contribution in [0.4, 0.5) is 0 Å². The molecule has 2 heterocycles. The fourth-order valence-corrected chi connectivity index (χ4v) is 11.4. The number of fused-ring (bicyclic) bond motifs is 5. The van der Waals surface area contributed by atoms with E-state index in [4.69, 9.17) is 4.74 Å². The van der Waals surface area contributed by atoms with E-state index in [9.17, 15) is 9.90 Å². The highest BCUT2D eigenvalue weighted by molar-refractivity contribution is 5.66. The summed E-state index contributed by atoms with van der Waals surface area (Å²) >= 11 is 0. The normalized spacial score (nSPS) is 50.0. The van der Waals surface area contributed by atoms with Crippen molar-refractivity contribution in [1.82, 2.24) is 4.90 Å². The number of likely N-dealkylation sites (tertiary alicyclic amines) is 2. The first-order valence-electron chi connectivity index (χ1n) is 16.1. The highest BCUT2D eigenvalue weighted by atomic mass is 16.5. The molecule has 6 aliphatic rings. The molecule has 6 rings (SSSR count). The summed E-state index contributed by atoms with van der Waals surface area (Å²) in [6.45, 7) is 11.6. The quantitative estimate of drug-likeness (QED) is 0.404. The van der Waals surface area contributed by atoms with Crippen LogP contribution >= 0.6 is 0 Å². The molecule has 0 aromatic heterocycles. The molecule has 2 saturated heterocycles. The number of hydrogen-bond acceptors (Lipinski definition) is 4. The van der Waals surface area contributed by atoms with Gasteiger partial charge in [0.25, 0.3) is 0 Å². The fraction of sp³-hybridized carbons (Fsp3) is 0.969. The standard InChI is InChI=1S/C32H55N2O3/c1-22(35)37-30-28(34(4)17-9-6-10-18-34)20-26-24-12-11-23-19-29(36)27(33-15-7-5-8-16-33)21-32(23,3)25(24)13-14-31(26,30)2/h23-30,36H,5-21H2,1-4H3/q+1/t23-,24+,25-,26-,27-,28-,29-,30-,31-,32-/m1/s1. The summed E-state index contributed by atoms with van der Waals surface area (Å²) in [6, 6.07) is 0.814. The number of esters is 1. The van der Waals surface area contributed by atoms with Gasteiger partial charge < -0.3 is 14.3 Å². The van der Waals surface area contributed by atoms with Crippen LogP contribution in [0.1, 0.15) is 104 Å². The second-order valence-electron chi connectivity index (χ2n) is 15.2. The van der Waals surface area contributed by atoms with Gasteiger partial charge in [0.05, 0.1) is 26.2 Å². The molecule has 0 radical (unpaired) electrons. The van der Waals surface area contributed by atoms with Crippen molar-refractivity contribution in [3.05, 3.63) is 0 Å². The van der Waals surface area contributed by atoms with Gasteiger partial charge in [0.2, 0.25) is 0 Å². The maximum atomic E-state index is 12.4. The molecular weight excluding hydrogens is 460 g/mol. The number of rotatable bonds is 3. The molecule has 0 spiro atoms. The monoisotopic (exact) mass is 515 g/mol. The molecule has 0 aromatic carbocycles. The lowest BCUT2D eigenvalue weighted by molar-refractivity contribution is -0.940. The molecule has 0 aromatic rings. The molecule has 0 bridgehead atoms. The smallest absolute Gasteiger partial charge is 0.303 e. The predicted molar refractivity (Wildman–Crippen MR) is 147 cm³/mol. The Morgan fingerprint density at radius 1 is 0.919 bits per heavy atom. The Kier molecular flexibility index (Phi) is 7.01. The minimum absolute atomic E-state index is 0.0684. The summed E-state index contributed by atoms with van der Waals surface area (Å²) in [7, 11) is 2.47. The highest BCUT2D eigenvalue weighted by Crippen LogP contribution is 2.67. The Morgan fingerprint density at radius 3 is 2.32 bits per heavy atom. The van der Waals surface area contributed by atoms with E-state index in [2.05, 4.69) is 25.8 Å². The van der Waals surface area contributed by atoms with E-state index in [1.54, 1.807) is 6.92 Å². The number of quaternary nitrogens is 1. The molecule has 5 heteroatoms. The Morgan fingerprint density at radius 2 is 1.62 bits per heavy atom. The van der Waals surface area contributed by atoms with Crippen molar-refractivity contribution in [3.63, 3.8) is 0 Å². The Labute approximate surface area is 226 Å². The molecule has 210 valence electrons. The summed E-state index contributed by atoms with van der Waals surface area (Å²) in [5.41, 5.74) is 0.448. The third-order valence-electron chi connectivity index (χ3n) is 13.4. The zero-order valence-electron chi connectivity index (χ0n) is 24.3. The van der Waals surface area contributed by atoms with E-state index in [1.165, 1.54) is 103 Å². The van der Waals surface area contributed by atoms with Crippen molar-refractivity contribution in [2.24, 2.45) is 34.5 Å². The van der Waals surface area contributed by atoms with Crippen molar-refractivity contribution >= 4 is 5.97 Å². The third-order valence-corrected chi connectivity index (χ3v) is 13.4. The summed E-state index contributed by atoms with van der Waals surface area (Å²) in [5, 5.41) is 11.3. The van der Waals surface area contributed by atoms with Gasteiger partial charge in [0.1, 0.15) is 6.04 Å². The fourth-order valence-electron chi connectivity index (χ4n) is 11.4. The molecule has 2 aliphatic heterocycles. The average Bonchev–Trinajstić information content (AvgIpc) is 3.17. The lowest BCUT2D eigenvalue weighted by Crippen LogP contribution is -2.61. The van der Waals surface area contributed by atoms with Gasteiger partial charge in [-0.05, 0) is 113 Å². The largest absolute Gasteiger partial charge is 0.456 e. The predicted octanol–water partition coefficient (Wildman–Crippen LogP) is 5.40. The van der Waals surface area contributed by atoms with Gasteiger partial charge in [-0.2, -0.15) is 0 Å². The van der Waals surface area contributed by atoms with Crippen molar-refractivity contribution < 1.29 is 19.1 Å². The van der Waals surface area contributed by atoms with Gasteiger partial charge >= 0.3 is 5.97 Å². The van der Waals surface area contributed by atoms with Crippen molar-refractivity contribution in [1.29, 1.82) is 0 Å². The van der Waals surface area contributed by atoms with Gasteiger partial charge in [-0.1, -0.05) is 20.3 Å². The number of likely N-dealkylation sites (N-methyl/N-ethyl adjacent to an activating group) is 1. The summed E-state index contributed by atoms with van der Waals surface area (Å²) in [6.07, 6.45) is 16.4. The molecule has 10 atom stereocenters. The molecule has 4 aliphatic carbocycles. The molecule has 6 fully saturated rings. The SMILES string of the molecule is CC(=O)O[C@@H]1[C@H]([N+]2(C)CCCCC2)C[C@@H]2[C@H]3CC[C@@H]4C[C@@H](O)[C@H](N5CCCCC5)C[C@@]4(C)[C@@H]3CC[C@]21C. The molecular formula is C32H55N2O3+. The number of hydrogen-bond donors (Lipinski definition) is 1. The van der Waals surface area contributed by atoms with E-state index in [0.29, 0.717) is 29.3 Å². The van der Waals surface area contributed by atoms with Gasteiger partial charge in [-0.15, -0.1) is 0 Å². The second kappa shape index (κ2) is 9.77. The molecule has 1 N–H and O–H groups in total. The molecule has 0 unspecified atom stereocenters. The van der Waals surface area contributed by atoms with E-state index < -0.39 is 0 Å². The van der Waals surface area contributed by atoms with E-state index in [0.717, 1.165) is 22.7 Å². The van der Waals surface area contributed by atoms with E-state index >= 15 is 0 Å². The van der Waals surface area contributed by atoms with Crippen molar-refractivity contribution in [2.45, 2.75) is 129 Å². The van der Waals surface area contributed by atoms with Crippen LogP contribution in [0.5, 0.6) is 0 Å². The number of ether oxygens (including phenoxy) is 1. The number of piperidine rings is 2.